The Hall–Kier alpha value is -0.640. The lowest BCUT2D eigenvalue weighted by Crippen LogP contribution is -2.06. The summed E-state index contributed by atoms with van der Waals surface area (Å²) in [5.41, 5.74) is 6.80. The number of aryl methyl sites for hydroxylation is 1. The molecule has 1 aliphatic carbocycles. The van der Waals surface area contributed by atoms with Gasteiger partial charge < -0.3 is 5.73 Å². The minimum absolute atomic E-state index is 0.513. The zero-order valence-electron chi connectivity index (χ0n) is 9.83. The van der Waals surface area contributed by atoms with E-state index in [1.54, 1.807) is 0 Å². The number of hydrogen-bond donors (Lipinski definition) is 1. The van der Waals surface area contributed by atoms with E-state index in [9.17, 15) is 0 Å². The number of aromatic nitrogens is 2. The van der Waals surface area contributed by atoms with E-state index in [1.165, 1.54) is 25.7 Å². The average Bonchev–Trinajstić information content (AvgIpc) is 2.73. The van der Waals surface area contributed by atoms with Crippen LogP contribution in [0.4, 0.5) is 5.82 Å². The van der Waals surface area contributed by atoms with Gasteiger partial charge in [-0.1, -0.05) is 13.3 Å². The Morgan fingerprint density at radius 1 is 1.38 bits per heavy atom. The molecule has 2 N–H and O–H groups in total. The molecule has 4 heteroatoms. The van der Waals surface area contributed by atoms with Crippen LogP contribution in [0.1, 0.15) is 50.0 Å². The summed E-state index contributed by atoms with van der Waals surface area (Å²) in [6.07, 6.45) is 5.00. The van der Waals surface area contributed by atoms with Crippen molar-refractivity contribution in [3.05, 3.63) is 16.0 Å². The van der Waals surface area contributed by atoms with Crippen LogP contribution in [0.25, 0.3) is 0 Å². The second-order valence-electron chi connectivity index (χ2n) is 4.65. The van der Waals surface area contributed by atoms with E-state index in [2.05, 4.69) is 32.8 Å². The number of nitrogens with two attached hydrogens (primary N) is 1. The Balaban J connectivity index is 2.22. The number of rotatable bonds is 2. The molecule has 0 saturated heterocycles. The molecule has 1 fully saturated rings. The minimum Gasteiger partial charge on any atom is -0.383 e. The third-order valence-electron chi connectivity index (χ3n) is 3.54. The van der Waals surface area contributed by atoms with Crippen molar-refractivity contribution >= 4 is 21.7 Å². The van der Waals surface area contributed by atoms with E-state index >= 15 is 0 Å². The Bertz CT molecular complexity index is 369. The standard InChI is InChI=1S/C12H18BrN3/c1-3-8-4-5-9(6-8)12-15-7(2)10(13)11(14)16-12/h8-9H,3-6H2,1-2H3,(H2,14,15,16). The van der Waals surface area contributed by atoms with E-state index in [4.69, 9.17) is 5.73 Å². The second-order valence-corrected chi connectivity index (χ2v) is 5.44. The summed E-state index contributed by atoms with van der Waals surface area (Å²) >= 11 is 3.40. The van der Waals surface area contributed by atoms with Crippen molar-refractivity contribution < 1.29 is 0 Å². The van der Waals surface area contributed by atoms with Crippen LogP contribution in [-0.4, -0.2) is 9.97 Å². The Morgan fingerprint density at radius 2 is 2.12 bits per heavy atom. The SMILES string of the molecule is CCC1CCC(c2nc(C)c(Br)c(N)n2)C1. The highest BCUT2D eigenvalue weighted by Crippen LogP contribution is 2.39. The Morgan fingerprint density at radius 3 is 2.69 bits per heavy atom. The maximum atomic E-state index is 5.86. The summed E-state index contributed by atoms with van der Waals surface area (Å²) in [6.45, 7) is 4.23. The fourth-order valence-electron chi connectivity index (χ4n) is 2.47. The van der Waals surface area contributed by atoms with Gasteiger partial charge in [0.15, 0.2) is 0 Å². The lowest BCUT2D eigenvalue weighted by Gasteiger charge is -2.11. The molecule has 0 spiro atoms. The molecule has 88 valence electrons. The number of nitrogen functional groups attached to an aromatic ring is 1. The molecule has 16 heavy (non-hydrogen) atoms. The van der Waals surface area contributed by atoms with Gasteiger partial charge in [-0.25, -0.2) is 9.97 Å². The maximum Gasteiger partial charge on any atom is 0.141 e. The third kappa shape index (κ3) is 2.21. The van der Waals surface area contributed by atoms with E-state index in [0.29, 0.717) is 11.7 Å². The highest BCUT2D eigenvalue weighted by Gasteiger charge is 2.27. The van der Waals surface area contributed by atoms with Gasteiger partial charge in [-0.15, -0.1) is 0 Å². The molecule has 0 aliphatic heterocycles. The molecule has 2 rings (SSSR count). The largest absolute Gasteiger partial charge is 0.383 e. The van der Waals surface area contributed by atoms with Crippen LogP contribution in [0.2, 0.25) is 0 Å². The number of halogens is 1. The highest BCUT2D eigenvalue weighted by molar-refractivity contribution is 9.10. The van der Waals surface area contributed by atoms with Gasteiger partial charge in [-0.2, -0.15) is 0 Å². The predicted octanol–water partition coefficient (Wildman–Crippen LogP) is 3.42. The van der Waals surface area contributed by atoms with Crippen LogP contribution in [0.5, 0.6) is 0 Å². The van der Waals surface area contributed by atoms with Crippen LogP contribution < -0.4 is 5.73 Å². The Labute approximate surface area is 105 Å². The first kappa shape index (κ1) is 11.8. The van der Waals surface area contributed by atoms with E-state index in [0.717, 1.165) is 21.9 Å². The molecule has 2 atom stereocenters. The topological polar surface area (TPSA) is 51.8 Å². The molecule has 3 nitrogen and oxygen atoms in total. The zero-order valence-corrected chi connectivity index (χ0v) is 11.4. The summed E-state index contributed by atoms with van der Waals surface area (Å²) in [5, 5.41) is 0. The molecule has 1 aromatic heterocycles. The highest BCUT2D eigenvalue weighted by atomic mass is 79.9. The first-order chi connectivity index (χ1) is 7.61. The van der Waals surface area contributed by atoms with Crippen LogP contribution in [0.3, 0.4) is 0 Å². The van der Waals surface area contributed by atoms with Gasteiger partial charge in [0.05, 0.1) is 10.2 Å². The smallest absolute Gasteiger partial charge is 0.141 e. The van der Waals surface area contributed by atoms with Gasteiger partial charge in [-0.05, 0) is 48.0 Å². The van der Waals surface area contributed by atoms with Gasteiger partial charge in [0, 0.05) is 5.92 Å². The van der Waals surface area contributed by atoms with Crippen molar-refractivity contribution in [1.29, 1.82) is 0 Å². The number of anilines is 1. The lowest BCUT2D eigenvalue weighted by molar-refractivity contribution is 0.516. The van der Waals surface area contributed by atoms with Gasteiger partial charge in [0.2, 0.25) is 0 Å². The molecular formula is C12H18BrN3. The van der Waals surface area contributed by atoms with Crippen LogP contribution in [0.15, 0.2) is 4.47 Å². The van der Waals surface area contributed by atoms with Crippen LogP contribution >= 0.6 is 15.9 Å². The maximum absolute atomic E-state index is 5.86. The molecule has 1 heterocycles. The van der Waals surface area contributed by atoms with Crippen molar-refractivity contribution in [2.24, 2.45) is 5.92 Å². The summed E-state index contributed by atoms with van der Waals surface area (Å²) in [7, 11) is 0. The van der Waals surface area contributed by atoms with Crippen molar-refractivity contribution in [2.45, 2.75) is 45.4 Å². The molecular weight excluding hydrogens is 266 g/mol. The first-order valence-electron chi connectivity index (χ1n) is 5.91. The van der Waals surface area contributed by atoms with Crippen LogP contribution in [0, 0.1) is 12.8 Å². The van der Waals surface area contributed by atoms with Crippen molar-refractivity contribution in [1.82, 2.24) is 9.97 Å². The number of nitrogens with zero attached hydrogens (tertiary/aromatic N) is 2. The van der Waals surface area contributed by atoms with E-state index < -0.39 is 0 Å². The minimum atomic E-state index is 0.513. The normalized spacial score (nSPS) is 24.9. The van der Waals surface area contributed by atoms with E-state index in [-0.39, 0.29) is 0 Å². The van der Waals surface area contributed by atoms with Gasteiger partial charge in [0.25, 0.3) is 0 Å². The first-order valence-corrected chi connectivity index (χ1v) is 6.70. The summed E-state index contributed by atoms with van der Waals surface area (Å²) < 4.78 is 0.835. The van der Waals surface area contributed by atoms with Gasteiger partial charge in [0.1, 0.15) is 11.6 Å². The summed E-state index contributed by atoms with van der Waals surface area (Å²) in [4.78, 5) is 8.95. The molecule has 0 bridgehead atoms. The molecule has 1 aromatic rings. The average molecular weight is 284 g/mol. The summed E-state index contributed by atoms with van der Waals surface area (Å²) in [6, 6.07) is 0. The fourth-order valence-corrected chi connectivity index (χ4v) is 2.64. The van der Waals surface area contributed by atoms with Crippen molar-refractivity contribution in [3.8, 4) is 0 Å². The molecule has 0 aromatic carbocycles. The number of hydrogen-bond acceptors (Lipinski definition) is 3. The molecule has 1 saturated carbocycles. The van der Waals surface area contributed by atoms with Crippen molar-refractivity contribution in [3.63, 3.8) is 0 Å². The van der Waals surface area contributed by atoms with Gasteiger partial charge in [-0.3, -0.25) is 0 Å². The second kappa shape index (κ2) is 4.70. The fraction of sp³-hybridized carbons (Fsp3) is 0.667. The lowest BCUT2D eigenvalue weighted by atomic mass is 10.0. The molecule has 0 amide bonds. The monoisotopic (exact) mass is 283 g/mol. The molecule has 0 radical (unpaired) electrons. The Kier molecular flexibility index (Phi) is 3.47. The van der Waals surface area contributed by atoms with E-state index in [1.807, 2.05) is 6.92 Å². The zero-order chi connectivity index (χ0) is 11.7. The summed E-state index contributed by atoms with van der Waals surface area (Å²) in [5.74, 6) is 2.87. The quantitative estimate of drug-likeness (QED) is 0.905. The van der Waals surface area contributed by atoms with Gasteiger partial charge >= 0.3 is 0 Å². The van der Waals surface area contributed by atoms with Crippen LogP contribution in [-0.2, 0) is 0 Å². The molecule has 1 aliphatic rings. The third-order valence-corrected chi connectivity index (χ3v) is 4.52. The van der Waals surface area contributed by atoms with Crippen molar-refractivity contribution in [2.75, 3.05) is 5.73 Å². The molecule has 2 unspecified atom stereocenters. The predicted molar refractivity (Wildman–Crippen MR) is 69.3 cm³/mol.